The van der Waals surface area contributed by atoms with Gasteiger partial charge in [-0.15, -0.1) is 0 Å². The number of ether oxygens (including phenoxy) is 2. The maximum atomic E-state index is 12.0. The van der Waals surface area contributed by atoms with E-state index < -0.39 is 17.2 Å². The van der Waals surface area contributed by atoms with Crippen molar-refractivity contribution in [3.8, 4) is 22.6 Å². The lowest BCUT2D eigenvalue weighted by Crippen LogP contribution is -2.21. The Balaban J connectivity index is 1.43. The highest BCUT2D eigenvalue weighted by Crippen LogP contribution is 2.32. The maximum absolute atomic E-state index is 12.0. The van der Waals surface area contributed by atoms with Crippen molar-refractivity contribution in [2.24, 2.45) is 0 Å². The Morgan fingerprint density at radius 3 is 2.31 bits per heavy atom. The molecule has 184 valence electrons. The average molecular weight is 494 g/mol. The highest BCUT2D eigenvalue weighted by molar-refractivity contribution is 7.93. The summed E-state index contributed by atoms with van der Waals surface area (Å²) in [6.07, 6.45) is 0.888. The fraction of sp³-hybridized carbons (Fsp3) is 0.286. The number of aliphatic hydroxyl groups excluding tert-OH is 2. The van der Waals surface area contributed by atoms with E-state index in [1.807, 2.05) is 48.5 Å². The van der Waals surface area contributed by atoms with Crippen molar-refractivity contribution < 1.29 is 23.9 Å². The van der Waals surface area contributed by atoms with E-state index in [2.05, 4.69) is 30.7 Å². The van der Waals surface area contributed by atoms with Crippen LogP contribution in [0.1, 0.15) is 35.6 Å². The predicted molar refractivity (Wildman–Crippen MR) is 139 cm³/mol. The Bertz CT molecular complexity index is 1210. The lowest BCUT2D eigenvalue weighted by atomic mass is 9.94. The van der Waals surface area contributed by atoms with Gasteiger partial charge in [0.25, 0.3) is 0 Å². The Morgan fingerprint density at radius 2 is 1.69 bits per heavy atom. The van der Waals surface area contributed by atoms with Crippen LogP contribution < -0.4 is 14.2 Å². The lowest BCUT2D eigenvalue weighted by Gasteiger charge is -2.15. The van der Waals surface area contributed by atoms with Gasteiger partial charge < -0.3 is 19.7 Å². The van der Waals surface area contributed by atoms with E-state index in [4.69, 9.17) is 9.47 Å². The van der Waals surface area contributed by atoms with Gasteiger partial charge in [-0.3, -0.25) is 0 Å². The third-order valence-corrected chi connectivity index (χ3v) is 7.03. The van der Waals surface area contributed by atoms with E-state index in [1.165, 1.54) is 5.56 Å². The average Bonchev–Trinajstić information content (AvgIpc) is 3.15. The summed E-state index contributed by atoms with van der Waals surface area (Å²) >= 11 is 0. The van der Waals surface area contributed by atoms with Crippen molar-refractivity contribution in [3.05, 3.63) is 89.0 Å². The van der Waals surface area contributed by atoms with Crippen LogP contribution in [0.25, 0.3) is 16.0 Å². The smallest absolute Gasteiger partial charge is 0.136 e. The van der Waals surface area contributed by atoms with Crippen LogP contribution in [0.4, 0.5) is 0 Å². The van der Waals surface area contributed by atoms with Crippen molar-refractivity contribution in [2.45, 2.75) is 46.1 Å². The van der Waals surface area contributed by atoms with Crippen LogP contribution in [-0.2, 0) is 17.6 Å². The molecule has 0 amide bonds. The second-order valence-corrected chi connectivity index (χ2v) is 10.0. The van der Waals surface area contributed by atoms with Crippen molar-refractivity contribution in [2.75, 3.05) is 6.61 Å². The number of rotatable bonds is 9. The molecule has 3 atom stereocenters. The summed E-state index contributed by atoms with van der Waals surface area (Å²) in [5.74, 6) is 1.53. The minimum atomic E-state index is -1.41. The van der Waals surface area contributed by atoms with Crippen molar-refractivity contribution in [1.82, 2.24) is 4.72 Å². The zero-order valence-corrected chi connectivity index (χ0v) is 21.0. The summed E-state index contributed by atoms with van der Waals surface area (Å²) in [6, 6.07) is 19.7. The van der Waals surface area contributed by atoms with Crippen molar-refractivity contribution in [3.63, 3.8) is 0 Å². The zero-order chi connectivity index (χ0) is 24.9. The van der Waals surface area contributed by atoms with E-state index >= 15 is 0 Å². The Kier molecular flexibility index (Phi) is 8.03. The first-order valence-electron chi connectivity index (χ1n) is 11.6. The Hall–Kier alpha value is -2.97. The number of benzene rings is 3. The van der Waals surface area contributed by atoms with Gasteiger partial charge in [-0.05, 0) is 90.6 Å². The van der Waals surface area contributed by atoms with Gasteiger partial charge in [0.2, 0.25) is 0 Å². The standard InChI is InChI=1S/C28H31NO5S/c1-18-13-25(33-12-11-20(3)30)14-19(2)28(18)23-6-4-5-21(15-23)17-34-24-9-7-22(8-10-24)26-16-27(31)29-35(26)32/h4-10,13-16,20,27,29-31H,11-12,17H2,1-3H3. The summed E-state index contributed by atoms with van der Waals surface area (Å²) in [6.45, 7) is 6.82. The van der Waals surface area contributed by atoms with E-state index in [0.717, 1.165) is 33.6 Å². The summed E-state index contributed by atoms with van der Waals surface area (Å²) in [5, 5.41) is 19.0. The number of hydrogen-bond acceptors (Lipinski definition) is 5. The Morgan fingerprint density at radius 1 is 0.971 bits per heavy atom. The zero-order valence-electron chi connectivity index (χ0n) is 20.2. The van der Waals surface area contributed by atoms with Crippen LogP contribution in [0.5, 0.6) is 11.5 Å². The highest BCUT2D eigenvalue weighted by atomic mass is 32.2. The fourth-order valence-electron chi connectivity index (χ4n) is 4.12. The van der Waals surface area contributed by atoms with Gasteiger partial charge in [0.05, 0.1) is 17.6 Å². The van der Waals surface area contributed by atoms with Gasteiger partial charge >= 0.3 is 0 Å². The molecule has 0 bridgehead atoms. The molecule has 4 rings (SSSR count). The highest BCUT2D eigenvalue weighted by Gasteiger charge is 2.21. The molecule has 0 saturated heterocycles. The maximum Gasteiger partial charge on any atom is 0.136 e. The first kappa shape index (κ1) is 25.1. The molecule has 0 aromatic heterocycles. The lowest BCUT2D eigenvalue weighted by molar-refractivity contribution is 0.155. The Labute approximate surface area is 208 Å². The van der Waals surface area contributed by atoms with Crippen LogP contribution in [0.15, 0.2) is 66.7 Å². The monoisotopic (exact) mass is 493 g/mol. The topological polar surface area (TPSA) is 88.0 Å². The van der Waals surface area contributed by atoms with Gasteiger partial charge in [0.1, 0.15) is 35.3 Å². The molecule has 7 heteroatoms. The first-order chi connectivity index (χ1) is 16.8. The molecule has 0 aliphatic carbocycles. The molecular weight excluding hydrogens is 462 g/mol. The van der Waals surface area contributed by atoms with Gasteiger partial charge in [0, 0.05) is 6.42 Å². The molecular formula is C28H31NO5S. The van der Waals surface area contributed by atoms with Crippen LogP contribution in [0.2, 0.25) is 0 Å². The minimum absolute atomic E-state index is 0.374. The molecule has 1 aliphatic rings. The molecule has 0 radical (unpaired) electrons. The number of aryl methyl sites for hydroxylation is 2. The van der Waals surface area contributed by atoms with Gasteiger partial charge in [0.15, 0.2) is 0 Å². The third kappa shape index (κ3) is 6.38. The van der Waals surface area contributed by atoms with Gasteiger partial charge in [-0.25, -0.2) is 8.93 Å². The first-order valence-corrected chi connectivity index (χ1v) is 12.8. The SMILES string of the molecule is Cc1cc(OCCC(C)O)cc(C)c1-c1cccc(COc2ccc(C3=CC(O)NS3=O)cc2)c1. The van der Waals surface area contributed by atoms with Gasteiger partial charge in [-0.2, -0.15) is 0 Å². The summed E-state index contributed by atoms with van der Waals surface area (Å²) in [4.78, 5) is 0.571. The minimum Gasteiger partial charge on any atom is -0.493 e. The molecule has 3 aromatic rings. The fourth-order valence-corrected chi connectivity index (χ4v) is 5.14. The van der Waals surface area contributed by atoms with Crippen LogP contribution in [0, 0.1) is 13.8 Å². The van der Waals surface area contributed by atoms with Crippen molar-refractivity contribution >= 4 is 15.9 Å². The van der Waals surface area contributed by atoms with Crippen LogP contribution >= 0.6 is 0 Å². The number of aliphatic hydroxyl groups is 2. The molecule has 3 aromatic carbocycles. The van der Waals surface area contributed by atoms with Gasteiger partial charge in [-0.1, -0.05) is 30.3 Å². The van der Waals surface area contributed by atoms with E-state index in [0.29, 0.717) is 30.3 Å². The second-order valence-electron chi connectivity index (χ2n) is 8.79. The summed E-state index contributed by atoms with van der Waals surface area (Å²) in [5.41, 5.74) is 6.38. The van der Waals surface area contributed by atoms with Crippen LogP contribution in [-0.4, -0.2) is 33.4 Å². The molecule has 35 heavy (non-hydrogen) atoms. The number of nitrogens with one attached hydrogen (secondary N) is 1. The molecule has 3 unspecified atom stereocenters. The van der Waals surface area contributed by atoms with Crippen molar-refractivity contribution in [1.29, 1.82) is 0 Å². The largest absolute Gasteiger partial charge is 0.493 e. The molecule has 0 fully saturated rings. The third-order valence-electron chi connectivity index (χ3n) is 5.81. The predicted octanol–water partition coefficient (Wildman–Crippen LogP) is 4.63. The normalized spacial score (nSPS) is 18.3. The van der Waals surface area contributed by atoms with E-state index in [-0.39, 0.29) is 6.10 Å². The molecule has 0 spiro atoms. The second kappa shape index (κ2) is 11.2. The molecule has 1 aliphatic heterocycles. The summed E-state index contributed by atoms with van der Waals surface area (Å²) in [7, 11) is -1.41. The molecule has 0 saturated carbocycles. The molecule has 6 nitrogen and oxygen atoms in total. The van der Waals surface area contributed by atoms with E-state index in [1.54, 1.807) is 13.0 Å². The quantitative estimate of drug-likeness (QED) is 0.405. The summed E-state index contributed by atoms with van der Waals surface area (Å²) < 4.78 is 26.4. The van der Waals surface area contributed by atoms with Crippen LogP contribution in [0.3, 0.4) is 0 Å². The number of hydrogen-bond donors (Lipinski definition) is 3. The molecule has 1 heterocycles. The van der Waals surface area contributed by atoms with E-state index in [9.17, 15) is 14.4 Å². The molecule has 3 N–H and O–H groups in total.